The zero-order chi connectivity index (χ0) is 22.4. The Hall–Kier alpha value is -3.76. The molecule has 0 aliphatic carbocycles. The number of nitrogens with zero attached hydrogens (tertiary/aromatic N) is 3. The zero-order valence-corrected chi connectivity index (χ0v) is 16.2. The Morgan fingerprint density at radius 3 is 2.58 bits per heavy atom. The maximum Gasteiger partial charge on any atom is 0.278 e. The first-order valence-corrected chi connectivity index (χ1v) is 9.32. The first kappa shape index (κ1) is 20.5. The smallest absolute Gasteiger partial charge is 0.278 e. The summed E-state index contributed by atoms with van der Waals surface area (Å²) < 4.78 is 41.9. The summed E-state index contributed by atoms with van der Waals surface area (Å²) in [6.07, 6.45) is 4.71. The van der Waals surface area contributed by atoms with E-state index in [1.807, 2.05) is 6.08 Å². The van der Waals surface area contributed by atoms with Crippen LogP contribution >= 0.6 is 0 Å². The van der Waals surface area contributed by atoms with Crippen LogP contribution in [0.2, 0.25) is 0 Å². The molecule has 162 valence electrons. The summed E-state index contributed by atoms with van der Waals surface area (Å²) in [5, 5.41) is 14.2. The minimum Gasteiger partial charge on any atom is -0.502 e. The van der Waals surface area contributed by atoms with Crippen molar-refractivity contribution in [3.8, 4) is 5.75 Å². The second-order valence-corrected chi connectivity index (χ2v) is 7.22. The van der Waals surface area contributed by atoms with Crippen molar-refractivity contribution >= 4 is 11.8 Å². The van der Waals surface area contributed by atoms with Crippen LogP contribution in [-0.2, 0) is 6.54 Å². The predicted molar refractivity (Wildman–Crippen MR) is 103 cm³/mol. The van der Waals surface area contributed by atoms with Gasteiger partial charge in [0.2, 0.25) is 5.43 Å². The standard InChI is InChI=1S/C20H17F3N4O4/c1-10-3-2-4-25-9-26(10)20(31)16-18(29)17(28)13(8-27(16)25)19(30)24-7-12-14(22)5-11(21)6-15(12)23/h2-3,5-6,8,10,29H,4,7,9H2,1H3,(H,24,30). The van der Waals surface area contributed by atoms with Crippen LogP contribution in [0.15, 0.2) is 35.3 Å². The molecule has 0 fully saturated rings. The molecule has 2 N–H and O–H groups in total. The van der Waals surface area contributed by atoms with Crippen LogP contribution < -0.4 is 15.8 Å². The van der Waals surface area contributed by atoms with E-state index in [9.17, 15) is 32.7 Å². The van der Waals surface area contributed by atoms with E-state index >= 15 is 0 Å². The van der Waals surface area contributed by atoms with E-state index in [1.165, 1.54) is 9.58 Å². The van der Waals surface area contributed by atoms with Gasteiger partial charge in [0.05, 0.1) is 6.54 Å². The first-order chi connectivity index (χ1) is 14.7. The highest BCUT2D eigenvalue weighted by Gasteiger charge is 2.36. The fourth-order valence-electron chi connectivity index (χ4n) is 3.57. The van der Waals surface area contributed by atoms with Crippen LogP contribution in [0.3, 0.4) is 0 Å². The van der Waals surface area contributed by atoms with Gasteiger partial charge in [0.25, 0.3) is 11.8 Å². The Morgan fingerprint density at radius 1 is 1.23 bits per heavy atom. The lowest BCUT2D eigenvalue weighted by molar-refractivity contribution is 0.0659. The quantitative estimate of drug-likeness (QED) is 0.709. The monoisotopic (exact) mass is 434 g/mol. The molecule has 0 radical (unpaired) electrons. The topological polar surface area (TPSA) is 94.9 Å². The van der Waals surface area contributed by atoms with Crippen LogP contribution in [0.25, 0.3) is 0 Å². The minimum absolute atomic E-state index is 0.162. The van der Waals surface area contributed by atoms with Crippen molar-refractivity contribution in [3.63, 3.8) is 0 Å². The Morgan fingerprint density at radius 2 is 1.90 bits per heavy atom. The number of pyridine rings is 1. The van der Waals surface area contributed by atoms with E-state index in [0.717, 1.165) is 6.20 Å². The van der Waals surface area contributed by atoms with Crippen molar-refractivity contribution in [1.82, 2.24) is 14.9 Å². The van der Waals surface area contributed by atoms with Gasteiger partial charge in [-0.25, -0.2) is 13.2 Å². The van der Waals surface area contributed by atoms with Gasteiger partial charge in [-0.3, -0.25) is 24.1 Å². The van der Waals surface area contributed by atoms with Crippen molar-refractivity contribution < 1.29 is 27.9 Å². The molecule has 0 spiro atoms. The van der Waals surface area contributed by atoms with Crippen LogP contribution in [-0.4, -0.2) is 45.8 Å². The Bertz CT molecular complexity index is 1170. The highest BCUT2D eigenvalue weighted by Crippen LogP contribution is 2.24. The molecule has 2 aliphatic heterocycles. The van der Waals surface area contributed by atoms with Gasteiger partial charge in [0.15, 0.2) is 11.4 Å². The Balaban J connectivity index is 1.68. The average molecular weight is 434 g/mol. The maximum absolute atomic E-state index is 13.8. The molecular formula is C20H17F3N4O4. The van der Waals surface area contributed by atoms with E-state index in [-0.39, 0.29) is 18.4 Å². The largest absolute Gasteiger partial charge is 0.502 e. The normalized spacial score (nSPS) is 17.4. The number of hydrogen-bond donors (Lipinski definition) is 2. The molecule has 8 nitrogen and oxygen atoms in total. The summed E-state index contributed by atoms with van der Waals surface area (Å²) in [6, 6.07) is 0.675. The van der Waals surface area contributed by atoms with Crippen molar-refractivity contribution in [3.05, 3.63) is 75.0 Å². The second-order valence-electron chi connectivity index (χ2n) is 7.22. The van der Waals surface area contributed by atoms with E-state index in [2.05, 4.69) is 5.32 Å². The van der Waals surface area contributed by atoms with Gasteiger partial charge >= 0.3 is 0 Å². The summed E-state index contributed by atoms with van der Waals surface area (Å²) in [5.74, 6) is -6.00. The predicted octanol–water partition coefficient (Wildman–Crippen LogP) is 1.21. The molecule has 1 aromatic heterocycles. The number of benzene rings is 1. The van der Waals surface area contributed by atoms with Crippen LogP contribution in [0.5, 0.6) is 5.75 Å². The molecule has 2 aliphatic rings. The molecule has 0 saturated carbocycles. The molecule has 1 atom stereocenters. The van der Waals surface area contributed by atoms with E-state index in [0.29, 0.717) is 18.7 Å². The molecule has 3 heterocycles. The van der Waals surface area contributed by atoms with Gasteiger partial charge in [-0.2, -0.15) is 0 Å². The fraction of sp³-hybridized carbons (Fsp3) is 0.250. The molecule has 2 bridgehead atoms. The Kier molecular flexibility index (Phi) is 4.96. The molecule has 0 saturated heterocycles. The number of aromatic hydroxyl groups is 1. The van der Waals surface area contributed by atoms with Gasteiger partial charge in [-0.1, -0.05) is 12.2 Å². The average Bonchev–Trinajstić information content (AvgIpc) is 2.87. The van der Waals surface area contributed by atoms with E-state index in [1.54, 1.807) is 18.0 Å². The number of carbonyl (C=O) groups excluding carboxylic acids is 2. The zero-order valence-electron chi connectivity index (χ0n) is 16.2. The second kappa shape index (κ2) is 7.49. The van der Waals surface area contributed by atoms with Gasteiger partial charge in [0.1, 0.15) is 29.7 Å². The maximum atomic E-state index is 13.8. The number of hydrogen-bond acceptors (Lipinski definition) is 5. The first-order valence-electron chi connectivity index (χ1n) is 9.32. The summed E-state index contributed by atoms with van der Waals surface area (Å²) in [6.45, 7) is 1.64. The molecule has 11 heteroatoms. The molecule has 2 aromatic rings. The highest BCUT2D eigenvalue weighted by molar-refractivity contribution is 5.99. The summed E-state index contributed by atoms with van der Waals surface area (Å²) in [4.78, 5) is 39.4. The van der Waals surface area contributed by atoms with Gasteiger partial charge in [-0.15, -0.1) is 0 Å². The number of fused-ring (bicyclic) bond motifs is 4. The van der Waals surface area contributed by atoms with Crippen LogP contribution in [0, 0.1) is 17.5 Å². The van der Waals surface area contributed by atoms with Crippen molar-refractivity contribution in [2.24, 2.45) is 0 Å². The molecular weight excluding hydrogens is 417 g/mol. The molecule has 31 heavy (non-hydrogen) atoms. The SMILES string of the molecule is CC1C=CCN2CN1C(=O)c1c(O)c(=O)c(C(=O)NCc3c(F)cc(F)cc3F)cn12. The number of rotatable bonds is 3. The third kappa shape index (κ3) is 3.41. The van der Waals surface area contributed by atoms with Crippen LogP contribution in [0.1, 0.15) is 33.3 Å². The van der Waals surface area contributed by atoms with E-state index < -0.39 is 58.1 Å². The Labute approximate surface area is 173 Å². The third-order valence-corrected chi connectivity index (χ3v) is 5.25. The third-order valence-electron chi connectivity index (χ3n) is 5.25. The number of carbonyl (C=O) groups is 2. The number of aromatic nitrogens is 1. The lowest BCUT2D eigenvalue weighted by Gasteiger charge is -2.39. The fourth-order valence-corrected chi connectivity index (χ4v) is 3.57. The summed E-state index contributed by atoms with van der Waals surface area (Å²) in [7, 11) is 0. The van der Waals surface area contributed by atoms with Gasteiger partial charge < -0.3 is 15.3 Å². The minimum atomic E-state index is -1.20. The van der Waals surface area contributed by atoms with Gasteiger partial charge in [0, 0.05) is 36.5 Å². The number of amides is 2. The number of halogens is 3. The molecule has 4 rings (SSSR count). The van der Waals surface area contributed by atoms with E-state index in [4.69, 9.17) is 0 Å². The summed E-state index contributed by atoms with van der Waals surface area (Å²) >= 11 is 0. The highest BCUT2D eigenvalue weighted by atomic mass is 19.1. The molecule has 1 aromatic carbocycles. The molecule has 1 unspecified atom stereocenters. The van der Waals surface area contributed by atoms with Crippen LogP contribution in [0.4, 0.5) is 13.2 Å². The number of nitrogens with one attached hydrogen (secondary N) is 1. The van der Waals surface area contributed by atoms with Crippen molar-refractivity contribution in [1.29, 1.82) is 0 Å². The van der Waals surface area contributed by atoms with Gasteiger partial charge in [-0.05, 0) is 6.92 Å². The lowest BCUT2D eigenvalue weighted by atomic mass is 10.1. The van der Waals surface area contributed by atoms with Crippen molar-refractivity contribution in [2.75, 3.05) is 18.2 Å². The summed E-state index contributed by atoms with van der Waals surface area (Å²) in [5.41, 5.74) is -2.49. The lowest BCUT2D eigenvalue weighted by Crippen LogP contribution is -2.55. The molecule has 2 amide bonds. The van der Waals surface area contributed by atoms with Crippen molar-refractivity contribution in [2.45, 2.75) is 19.5 Å².